The Morgan fingerprint density at radius 3 is 2.78 bits per heavy atom. The average Bonchev–Trinajstić information content (AvgIpc) is 2.75. The second-order valence-electron chi connectivity index (χ2n) is 3.69. The van der Waals surface area contributed by atoms with Crippen LogP contribution in [-0.2, 0) is 9.59 Å². The van der Waals surface area contributed by atoms with Crippen LogP contribution in [0.25, 0.3) is 0 Å². The SMILES string of the molecule is C/C(=C\C(=O)O)C(=O)Nc1ccc2c(c1)OCO2. The average molecular weight is 249 g/mol. The number of carboxylic acids is 1. The van der Waals surface area contributed by atoms with E-state index < -0.39 is 11.9 Å². The third kappa shape index (κ3) is 2.60. The Bertz CT molecular complexity index is 535. The zero-order valence-electron chi connectivity index (χ0n) is 9.60. The van der Waals surface area contributed by atoms with E-state index in [-0.39, 0.29) is 12.4 Å². The van der Waals surface area contributed by atoms with Gasteiger partial charge < -0.3 is 19.9 Å². The maximum absolute atomic E-state index is 11.6. The molecule has 6 heteroatoms. The number of carbonyl (C=O) groups is 2. The first kappa shape index (κ1) is 12.0. The number of rotatable bonds is 3. The number of benzene rings is 1. The normalized spacial score (nSPS) is 13.3. The molecule has 0 aromatic heterocycles. The van der Waals surface area contributed by atoms with Gasteiger partial charge in [0.2, 0.25) is 6.79 Å². The van der Waals surface area contributed by atoms with Crippen molar-refractivity contribution in [1.29, 1.82) is 0 Å². The number of ether oxygens (including phenoxy) is 2. The van der Waals surface area contributed by atoms with E-state index in [4.69, 9.17) is 14.6 Å². The largest absolute Gasteiger partial charge is 0.478 e. The maximum Gasteiger partial charge on any atom is 0.328 e. The molecule has 0 spiro atoms. The van der Waals surface area contributed by atoms with Gasteiger partial charge in [-0.25, -0.2) is 4.79 Å². The highest BCUT2D eigenvalue weighted by Gasteiger charge is 2.14. The zero-order valence-corrected chi connectivity index (χ0v) is 9.60. The standard InChI is InChI=1S/C12H11NO5/c1-7(4-11(14)15)12(16)13-8-2-3-9-10(5-8)18-6-17-9/h2-5H,6H2,1H3,(H,13,16)(H,14,15)/b7-4+. The van der Waals surface area contributed by atoms with Gasteiger partial charge in [-0.05, 0) is 19.1 Å². The summed E-state index contributed by atoms with van der Waals surface area (Å²) in [6.45, 7) is 1.58. The van der Waals surface area contributed by atoms with E-state index in [1.165, 1.54) is 6.92 Å². The summed E-state index contributed by atoms with van der Waals surface area (Å²) < 4.78 is 10.3. The van der Waals surface area contributed by atoms with Crippen molar-refractivity contribution in [3.05, 3.63) is 29.8 Å². The summed E-state index contributed by atoms with van der Waals surface area (Å²) in [6.07, 6.45) is 0.850. The molecule has 0 aliphatic carbocycles. The van der Waals surface area contributed by atoms with Crippen LogP contribution in [0.1, 0.15) is 6.92 Å². The minimum absolute atomic E-state index is 0.111. The molecular formula is C12H11NO5. The first-order valence-electron chi connectivity index (χ1n) is 5.18. The molecule has 2 rings (SSSR count). The minimum atomic E-state index is -1.16. The molecule has 1 heterocycles. The number of carbonyl (C=O) groups excluding carboxylic acids is 1. The summed E-state index contributed by atoms with van der Waals surface area (Å²) in [4.78, 5) is 22.1. The first-order chi connectivity index (χ1) is 8.56. The fourth-order valence-corrected chi connectivity index (χ4v) is 1.45. The van der Waals surface area contributed by atoms with Gasteiger partial charge in [-0.3, -0.25) is 4.79 Å². The van der Waals surface area contributed by atoms with Crippen LogP contribution >= 0.6 is 0 Å². The van der Waals surface area contributed by atoms with Crippen LogP contribution < -0.4 is 14.8 Å². The van der Waals surface area contributed by atoms with Gasteiger partial charge in [0.25, 0.3) is 5.91 Å². The lowest BCUT2D eigenvalue weighted by Crippen LogP contribution is -2.13. The smallest absolute Gasteiger partial charge is 0.328 e. The van der Waals surface area contributed by atoms with Crippen LogP contribution in [-0.4, -0.2) is 23.8 Å². The summed E-state index contributed by atoms with van der Waals surface area (Å²) in [6, 6.07) is 4.95. The molecule has 1 aromatic carbocycles. The molecule has 0 saturated carbocycles. The lowest BCUT2D eigenvalue weighted by molar-refractivity contribution is -0.131. The van der Waals surface area contributed by atoms with E-state index in [1.54, 1.807) is 18.2 Å². The summed E-state index contributed by atoms with van der Waals surface area (Å²) >= 11 is 0. The molecule has 1 aromatic rings. The van der Waals surface area contributed by atoms with E-state index in [9.17, 15) is 9.59 Å². The van der Waals surface area contributed by atoms with Crippen molar-refractivity contribution in [2.75, 3.05) is 12.1 Å². The Kier molecular flexibility index (Phi) is 3.18. The van der Waals surface area contributed by atoms with Crippen molar-refractivity contribution >= 4 is 17.6 Å². The van der Waals surface area contributed by atoms with Crippen LogP contribution in [0.3, 0.4) is 0 Å². The molecular weight excluding hydrogens is 238 g/mol. The van der Waals surface area contributed by atoms with E-state index in [2.05, 4.69) is 5.32 Å². The van der Waals surface area contributed by atoms with Crippen molar-refractivity contribution in [3.63, 3.8) is 0 Å². The van der Waals surface area contributed by atoms with E-state index in [1.807, 2.05) is 0 Å². The van der Waals surface area contributed by atoms with Crippen molar-refractivity contribution in [3.8, 4) is 11.5 Å². The number of anilines is 1. The molecule has 0 atom stereocenters. The minimum Gasteiger partial charge on any atom is -0.478 e. The number of fused-ring (bicyclic) bond motifs is 1. The fraction of sp³-hybridized carbons (Fsp3) is 0.167. The van der Waals surface area contributed by atoms with Gasteiger partial charge in [-0.2, -0.15) is 0 Å². The van der Waals surface area contributed by atoms with E-state index in [0.717, 1.165) is 6.08 Å². The van der Waals surface area contributed by atoms with Gasteiger partial charge in [0, 0.05) is 23.4 Å². The summed E-state index contributed by atoms with van der Waals surface area (Å²) in [7, 11) is 0. The van der Waals surface area contributed by atoms with Crippen LogP contribution in [0.4, 0.5) is 5.69 Å². The fourth-order valence-electron chi connectivity index (χ4n) is 1.45. The Morgan fingerprint density at radius 2 is 2.06 bits per heavy atom. The summed E-state index contributed by atoms with van der Waals surface area (Å²) in [5.41, 5.74) is 0.627. The molecule has 0 fully saturated rings. The number of aliphatic carboxylic acids is 1. The molecule has 1 aliphatic heterocycles. The molecule has 18 heavy (non-hydrogen) atoms. The highest BCUT2D eigenvalue weighted by Crippen LogP contribution is 2.34. The first-order valence-corrected chi connectivity index (χ1v) is 5.18. The quantitative estimate of drug-likeness (QED) is 0.790. The van der Waals surface area contributed by atoms with Crippen molar-refractivity contribution in [1.82, 2.24) is 0 Å². The van der Waals surface area contributed by atoms with E-state index in [0.29, 0.717) is 17.2 Å². The van der Waals surface area contributed by atoms with Crippen molar-refractivity contribution < 1.29 is 24.2 Å². The molecule has 0 unspecified atom stereocenters. The molecule has 1 aliphatic rings. The molecule has 6 nitrogen and oxygen atoms in total. The van der Waals surface area contributed by atoms with Crippen LogP contribution in [0, 0.1) is 0 Å². The Hall–Kier alpha value is -2.50. The van der Waals surface area contributed by atoms with Gasteiger partial charge in [0.05, 0.1) is 0 Å². The van der Waals surface area contributed by atoms with Gasteiger partial charge in [-0.15, -0.1) is 0 Å². The van der Waals surface area contributed by atoms with Gasteiger partial charge >= 0.3 is 5.97 Å². The second kappa shape index (κ2) is 4.79. The maximum atomic E-state index is 11.6. The molecule has 0 radical (unpaired) electrons. The highest BCUT2D eigenvalue weighted by atomic mass is 16.7. The Morgan fingerprint density at radius 1 is 1.33 bits per heavy atom. The number of amides is 1. The lowest BCUT2D eigenvalue weighted by Gasteiger charge is -2.05. The van der Waals surface area contributed by atoms with E-state index >= 15 is 0 Å². The Balaban J connectivity index is 2.10. The predicted molar refractivity (Wildman–Crippen MR) is 62.6 cm³/mol. The number of carboxylic acid groups (broad SMARTS) is 1. The number of hydrogen-bond donors (Lipinski definition) is 2. The number of hydrogen-bond acceptors (Lipinski definition) is 4. The molecule has 0 saturated heterocycles. The van der Waals surface area contributed by atoms with Crippen molar-refractivity contribution in [2.24, 2.45) is 0 Å². The molecule has 1 amide bonds. The Labute approximate surface area is 103 Å². The van der Waals surface area contributed by atoms with Crippen LogP contribution in [0.5, 0.6) is 11.5 Å². The topological polar surface area (TPSA) is 84.9 Å². The predicted octanol–water partition coefficient (Wildman–Crippen LogP) is 1.38. The van der Waals surface area contributed by atoms with Gasteiger partial charge in [-0.1, -0.05) is 0 Å². The third-order valence-corrected chi connectivity index (χ3v) is 2.33. The number of nitrogens with one attached hydrogen (secondary N) is 1. The monoisotopic (exact) mass is 249 g/mol. The second-order valence-corrected chi connectivity index (χ2v) is 3.69. The summed E-state index contributed by atoms with van der Waals surface area (Å²) in [5, 5.41) is 11.1. The zero-order chi connectivity index (χ0) is 13.1. The molecule has 94 valence electrons. The van der Waals surface area contributed by atoms with Gasteiger partial charge in [0.15, 0.2) is 11.5 Å². The molecule has 2 N–H and O–H groups in total. The highest BCUT2D eigenvalue weighted by molar-refractivity contribution is 6.06. The molecule has 0 bridgehead atoms. The third-order valence-electron chi connectivity index (χ3n) is 2.33. The summed E-state index contributed by atoms with van der Waals surface area (Å²) in [5.74, 6) is -0.469. The van der Waals surface area contributed by atoms with Crippen molar-refractivity contribution in [2.45, 2.75) is 6.92 Å². The van der Waals surface area contributed by atoms with Gasteiger partial charge in [0.1, 0.15) is 0 Å². The van der Waals surface area contributed by atoms with Crippen LogP contribution in [0.15, 0.2) is 29.8 Å². The van der Waals surface area contributed by atoms with Crippen LogP contribution in [0.2, 0.25) is 0 Å². The lowest BCUT2D eigenvalue weighted by atomic mass is 10.2.